The summed E-state index contributed by atoms with van der Waals surface area (Å²) >= 11 is 6.04. The van der Waals surface area contributed by atoms with E-state index in [-0.39, 0.29) is 17.7 Å². The van der Waals surface area contributed by atoms with Gasteiger partial charge in [-0.3, -0.25) is 19.0 Å². The number of nitrogens with zero attached hydrogens (tertiary/aromatic N) is 1. The number of amides is 2. The highest BCUT2D eigenvalue weighted by molar-refractivity contribution is 6.31. The largest absolute Gasteiger partial charge is 0.326 e. The van der Waals surface area contributed by atoms with E-state index in [4.69, 9.17) is 11.6 Å². The predicted molar refractivity (Wildman–Crippen MR) is 102 cm³/mol. The SMILES string of the molecule is CC(=O)Nc1ccc(NC(=O)c2cn(C(C)=O)c3ccc(Cl)cc23)cc1. The molecule has 6 nitrogen and oxygen atoms in total. The molecule has 0 spiro atoms. The molecule has 7 heteroatoms. The van der Waals surface area contributed by atoms with Crippen molar-refractivity contribution in [3.05, 3.63) is 59.2 Å². The number of halogens is 1. The minimum Gasteiger partial charge on any atom is -0.326 e. The highest BCUT2D eigenvalue weighted by atomic mass is 35.5. The summed E-state index contributed by atoms with van der Waals surface area (Å²) in [6.07, 6.45) is 1.50. The maximum atomic E-state index is 12.7. The fourth-order valence-electron chi connectivity index (χ4n) is 2.68. The Morgan fingerprint density at radius 1 is 0.923 bits per heavy atom. The van der Waals surface area contributed by atoms with Gasteiger partial charge in [-0.2, -0.15) is 0 Å². The molecule has 0 unspecified atom stereocenters. The Kier molecular flexibility index (Phi) is 4.77. The molecule has 2 aromatic carbocycles. The summed E-state index contributed by atoms with van der Waals surface area (Å²) < 4.78 is 1.42. The maximum absolute atomic E-state index is 12.7. The lowest BCUT2D eigenvalue weighted by Crippen LogP contribution is -2.12. The van der Waals surface area contributed by atoms with Gasteiger partial charge in [0, 0.05) is 41.8 Å². The number of fused-ring (bicyclic) bond motifs is 1. The Morgan fingerprint density at radius 3 is 2.12 bits per heavy atom. The third-order valence-corrected chi connectivity index (χ3v) is 4.05. The summed E-state index contributed by atoms with van der Waals surface area (Å²) in [6, 6.07) is 11.8. The number of carbonyl (C=O) groups excluding carboxylic acids is 3. The molecule has 0 aliphatic heterocycles. The molecule has 0 radical (unpaired) electrons. The van der Waals surface area contributed by atoms with E-state index in [2.05, 4.69) is 10.6 Å². The van der Waals surface area contributed by atoms with E-state index < -0.39 is 0 Å². The zero-order valence-corrected chi connectivity index (χ0v) is 14.9. The molecule has 1 heterocycles. The molecule has 132 valence electrons. The summed E-state index contributed by atoms with van der Waals surface area (Å²) in [5.74, 6) is -0.726. The standard InChI is InChI=1S/C19H16ClN3O3/c1-11(24)21-14-4-6-15(7-5-14)22-19(26)17-10-23(12(2)25)18-8-3-13(20)9-16(17)18/h3-10H,1-2H3,(H,21,24)(H,22,26). The van der Waals surface area contributed by atoms with E-state index in [1.807, 2.05) is 0 Å². The third-order valence-electron chi connectivity index (χ3n) is 3.81. The minimum atomic E-state index is -0.357. The highest BCUT2D eigenvalue weighted by Gasteiger charge is 2.17. The van der Waals surface area contributed by atoms with E-state index in [1.165, 1.54) is 24.6 Å². The summed E-state index contributed by atoms with van der Waals surface area (Å²) in [7, 11) is 0. The monoisotopic (exact) mass is 369 g/mol. The summed E-state index contributed by atoms with van der Waals surface area (Å²) in [5, 5.41) is 6.52. The van der Waals surface area contributed by atoms with Crippen molar-refractivity contribution in [2.24, 2.45) is 0 Å². The van der Waals surface area contributed by atoms with E-state index in [0.717, 1.165) is 0 Å². The van der Waals surface area contributed by atoms with E-state index in [0.29, 0.717) is 32.9 Å². The van der Waals surface area contributed by atoms with Gasteiger partial charge >= 0.3 is 0 Å². The van der Waals surface area contributed by atoms with Gasteiger partial charge in [0.1, 0.15) is 0 Å². The molecule has 1 aromatic heterocycles. The van der Waals surface area contributed by atoms with Crippen molar-refractivity contribution in [3.8, 4) is 0 Å². The number of benzene rings is 2. The number of nitrogens with one attached hydrogen (secondary N) is 2. The van der Waals surface area contributed by atoms with Crippen LogP contribution in [0.1, 0.15) is 29.0 Å². The Bertz CT molecular complexity index is 1020. The first kappa shape index (κ1) is 17.7. The zero-order chi connectivity index (χ0) is 18.8. The molecule has 2 amide bonds. The molecule has 26 heavy (non-hydrogen) atoms. The summed E-state index contributed by atoms with van der Waals surface area (Å²) in [4.78, 5) is 35.6. The van der Waals surface area contributed by atoms with Crippen LogP contribution in [0.15, 0.2) is 48.7 Å². The fourth-order valence-corrected chi connectivity index (χ4v) is 2.85. The lowest BCUT2D eigenvalue weighted by Gasteiger charge is -2.06. The molecule has 2 N–H and O–H groups in total. The number of hydrogen-bond donors (Lipinski definition) is 2. The molecule has 0 fully saturated rings. The van der Waals surface area contributed by atoms with Gasteiger partial charge in [-0.25, -0.2) is 0 Å². The van der Waals surface area contributed by atoms with Crippen LogP contribution in [-0.4, -0.2) is 22.3 Å². The van der Waals surface area contributed by atoms with Crippen LogP contribution in [0.2, 0.25) is 5.02 Å². The van der Waals surface area contributed by atoms with Crippen LogP contribution < -0.4 is 10.6 Å². The lowest BCUT2D eigenvalue weighted by atomic mass is 10.1. The number of anilines is 2. The fraction of sp³-hybridized carbons (Fsp3) is 0.105. The predicted octanol–water partition coefficient (Wildman–Crippen LogP) is 4.17. The Labute approximate surface area is 154 Å². The van der Waals surface area contributed by atoms with Crippen molar-refractivity contribution >= 4 is 51.6 Å². The second kappa shape index (κ2) is 7.01. The first-order chi connectivity index (χ1) is 12.3. The van der Waals surface area contributed by atoms with Crippen LogP contribution in [-0.2, 0) is 4.79 Å². The van der Waals surface area contributed by atoms with Gasteiger partial charge in [0.2, 0.25) is 11.8 Å². The van der Waals surface area contributed by atoms with Crippen LogP contribution in [0.25, 0.3) is 10.9 Å². The van der Waals surface area contributed by atoms with Gasteiger partial charge in [-0.1, -0.05) is 11.6 Å². The molecule has 0 aliphatic carbocycles. The minimum absolute atomic E-state index is 0.171. The Hall–Kier alpha value is -3.12. The molecule has 0 bridgehead atoms. The lowest BCUT2D eigenvalue weighted by molar-refractivity contribution is -0.114. The molecule has 0 aliphatic rings. The van der Waals surface area contributed by atoms with Crippen LogP contribution >= 0.6 is 11.6 Å². The van der Waals surface area contributed by atoms with E-state index >= 15 is 0 Å². The number of aromatic nitrogens is 1. The van der Waals surface area contributed by atoms with E-state index in [1.54, 1.807) is 42.5 Å². The molecular formula is C19H16ClN3O3. The van der Waals surface area contributed by atoms with Crippen molar-refractivity contribution in [2.45, 2.75) is 13.8 Å². The van der Waals surface area contributed by atoms with Crippen molar-refractivity contribution in [3.63, 3.8) is 0 Å². The number of hydrogen-bond acceptors (Lipinski definition) is 3. The number of rotatable bonds is 3. The van der Waals surface area contributed by atoms with Crippen molar-refractivity contribution in [1.29, 1.82) is 0 Å². The molecule has 3 aromatic rings. The molecule has 0 saturated heterocycles. The molecular weight excluding hydrogens is 354 g/mol. The van der Waals surface area contributed by atoms with Crippen LogP contribution in [0.3, 0.4) is 0 Å². The maximum Gasteiger partial charge on any atom is 0.257 e. The van der Waals surface area contributed by atoms with Crippen LogP contribution in [0.5, 0.6) is 0 Å². The second-order valence-electron chi connectivity index (χ2n) is 5.81. The molecule has 3 rings (SSSR count). The van der Waals surface area contributed by atoms with E-state index in [9.17, 15) is 14.4 Å². The normalized spacial score (nSPS) is 10.6. The van der Waals surface area contributed by atoms with Gasteiger partial charge < -0.3 is 10.6 Å². The molecule has 0 saturated carbocycles. The van der Waals surface area contributed by atoms with Crippen molar-refractivity contribution in [2.75, 3.05) is 10.6 Å². The van der Waals surface area contributed by atoms with Gasteiger partial charge in [0.25, 0.3) is 5.91 Å². The van der Waals surface area contributed by atoms with Crippen LogP contribution in [0.4, 0.5) is 11.4 Å². The average molecular weight is 370 g/mol. The van der Waals surface area contributed by atoms with Crippen molar-refractivity contribution < 1.29 is 14.4 Å². The topological polar surface area (TPSA) is 80.2 Å². The second-order valence-corrected chi connectivity index (χ2v) is 6.24. The van der Waals surface area contributed by atoms with Crippen LogP contribution in [0, 0.1) is 0 Å². The van der Waals surface area contributed by atoms with Gasteiger partial charge in [0.05, 0.1) is 11.1 Å². The third kappa shape index (κ3) is 3.60. The van der Waals surface area contributed by atoms with Gasteiger partial charge in [0.15, 0.2) is 0 Å². The summed E-state index contributed by atoms with van der Waals surface area (Å²) in [6.45, 7) is 2.85. The highest BCUT2D eigenvalue weighted by Crippen LogP contribution is 2.26. The number of carbonyl (C=O) groups is 3. The average Bonchev–Trinajstić information content (AvgIpc) is 2.95. The van der Waals surface area contributed by atoms with Gasteiger partial charge in [-0.05, 0) is 42.5 Å². The Morgan fingerprint density at radius 2 is 1.54 bits per heavy atom. The Balaban J connectivity index is 1.91. The zero-order valence-electron chi connectivity index (χ0n) is 14.2. The molecule has 0 atom stereocenters. The quantitative estimate of drug-likeness (QED) is 0.727. The van der Waals surface area contributed by atoms with Crippen molar-refractivity contribution in [1.82, 2.24) is 4.57 Å². The first-order valence-corrected chi connectivity index (χ1v) is 8.23. The smallest absolute Gasteiger partial charge is 0.257 e. The van der Waals surface area contributed by atoms with Gasteiger partial charge in [-0.15, -0.1) is 0 Å². The summed E-state index contributed by atoms with van der Waals surface area (Å²) in [5.41, 5.74) is 2.17. The first-order valence-electron chi connectivity index (χ1n) is 7.85.